The molecule has 2 heterocycles. The van der Waals surface area contributed by atoms with Gasteiger partial charge in [-0.25, -0.2) is 15.0 Å². The fourth-order valence-electron chi connectivity index (χ4n) is 2.38. The highest BCUT2D eigenvalue weighted by molar-refractivity contribution is 14.0. The number of nitrogens with zero attached hydrogens (tertiary/aromatic N) is 5. The third kappa shape index (κ3) is 5.15. The number of aromatic amines is 1. The summed E-state index contributed by atoms with van der Waals surface area (Å²) in [6.07, 6.45) is 2.33. The van der Waals surface area contributed by atoms with Crippen molar-refractivity contribution in [2.24, 2.45) is 12.0 Å². The number of aromatic nitrogens is 5. The van der Waals surface area contributed by atoms with Crippen molar-refractivity contribution in [1.29, 1.82) is 0 Å². The molecule has 0 aliphatic rings. The van der Waals surface area contributed by atoms with Gasteiger partial charge in [-0.05, 0) is 19.1 Å². The van der Waals surface area contributed by atoms with E-state index in [-0.39, 0.29) is 24.0 Å². The zero-order valence-electron chi connectivity index (χ0n) is 14.4. The molecule has 25 heavy (non-hydrogen) atoms. The van der Waals surface area contributed by atoms with E-state index in [1.807, 2.05) is 38.2 Å². The van der Waals surface area contributed by atoms with E-state index in [4.69, 9.17) is 0 Å². The van der Waals surface area contributed by atoms with Gasteiger partial charge in [-0.2, -0.15) is 5.10 Å². The van der Waals surface area contributed by atoms with Crippen LogP contribution in [-0.4, -0.2) is 43.8 Å². The maximum Gasteiger partial charge on any atom is 0.191 e. The zero-order chi connectivity index (χ0) is 16.8. The molecule has 0 aliphatic heterocycles. The largest absolute Gasteiger partial charge is 0.357 e. The van der Waals surface area contributed by atoms with Gasteiger partial charge in [-0.3, -0.25) is 4.68 Å². The third-order valence-electron chi connectivity index (χ3n) is 3.62. The Morgan fingerprint density at radius 2 is 2.12 bits per heavy atom. The van der Waals surface area contributed by atoms with Crippen LogP contribution in [-0.2, 0) is 20.0 Å². The molecule has 3 N–H and O–H groups in total. The minimum absolute atomic E-state index is 0. The quantitative estimate of drug-likeness (QED) is 0.299. The average Bonchev–Trinajstić information content (AvgIpc) is 3.18. The number of aryl methyl sites for hydroxylation is 1. The molecule has 0 fully saturated rings. The van der Waals surface area contributed by atoms with Gasteiger partial charge in [0.2, 0.25) is 0 Å². The van der Waals surface area contributed by atoms with E-state index in [1.54, 1.807) is 4.68 Å². The normalized spacial score (nSPS) is 11.4. The lowest BCUT2D eigenvalue weighted by molar-refractivity contribution is 0.696. The van der Waals surface area contributed by atoms with Crippen molar-refractivity contribution in [2.45, 2.75) is 19.9 Å². The van der Waals surface area contributed by atoms with Crippen LogP contribution in [0.15, 0.2) is 35.6 Å². The topological polar surface area (TPSA) is 95.8 Å². The van der Waals surface area contributed by atoms with Crippen LogP contribution in [0.25, 0.3) is 11.0 Å². The fraction of sp³-hybridized carbons (Fsp3) is 0.375. The van der Waals surface area contributed by atoms with Crippen molar-refractivity contribution in [1.82, 2.24) is 35.4 Å². The second kappa shape index (κ2) is 9.35. The second-order valence-electron chi connectivity index (χ2n) is 5.37. The molecule has 0 saturated carbocycles. The van der Waals surface area contributed by atoms with Gasteiger partial charge in [0.25, 0.3) is 0 Å². The number of fused-ring (bicyclic) bond motifs is 1. The number of H-pyrrole nitrogens is 1. The molecule has 2 aromatic heterocycles. The molecule has 0 spiro atoms. The van der Waals surface area contributed by atoms with E-state index in [0.29, 0.717) is 6.54 Å². The first-order chi connectivity index (χ1) is 11.8. The first-order valence-electron chi connectivity index (χ1n) is 8.05. The number of guanidine groups is 1. The molecule has 0 atom stereocenters. The average molecular weight is 454 g/mol. The molecule has 0 bridgehead atoms. The van der Waals surface area contributed by atoms with Gasteiger partial charge >= 0.3 is 0 Å². The number of hydrogen-bond donors (Lipinski definition) is 3. The Morgan fingerprint density at radius 3 is 2.84 bits per heavy atom. The summed E-state index contributed by atoms with van der Waals surface area (Å²) in [5.41, 5.74) is 2.06. The minimum Gasteiger partial charge on any atom is -0.357 e. The van der Waals surface area contributed by atoms with Gasteiger partial charge in [0.1, 0.15) is 24.5 Å². The standard InChI is InChI=1S/C16H22N8.HI/c1-3-17-16(19-10-15-20-11-21-24(15)2)18-9-8-14-22-12-6-4-5-7-13(12)23-14;/h4-7,11H,3,8-10H2,1-2H3,(H,22,23)(H2,17,18,19);1H. The summed E-state index contributed by atoms with van der Waals surface area (Å²) in [6.45, 7) is 4.06. The van der Waals surface area contributed by atoms with Crippen LogP contribution in [0.5, 0.6) is 0 Å². The smallest absolute Gasteiger partial charge is 0.191 e. The van der Waals surface area contributed by atoms with Gasteiger partial charge in [0, 0.05) is 26.6 Å². The highest BCUT2D eigenvalue weighted by Gasteiger charge is 2.04. The number of hydrogen-bond acceptors (Lipinski definition) is 4. The predicted octanol–water partition coefficient (Wildman–Crippen LogP) is 1.61. The molecule has 134 valence electrons. The first kappa shape index (κ1) is 19.2. The van der Waals surface area contributed by atoms with E-state index in [9.17, 15) is 0 Å². The molecule has 8 nitrogen and oxygen atoms in total. The lowest BCUT2D eigenvalue weighted by Crippen LogP contribution is -2.38. The highest BCUT2D eigenvalue weighted by Crippen LogP contribution is 2.10. The highest BCUT2D eigenvalue weighted by atomic mass is 127. The number of aliphatic imine (C=N–C) groups is 1. The van der Waals surface area contributed by atoms with Crippen molar-refractivity contribution < 1.29 is 0 Å². The molecule has 0 unspecified atom stereocenters. The number of benzene rings is 1. The molecule has 0 amide bonds. The minimum atomic E-state index is 0. The van der Waals surface area contributed by atoms with E-state index >= 15 is 0 Å². The summed E-state index contributed by atoms with van der Waals surface area (Å²) in [6, 6.07) is 8.04. The number of para-hydroxylation sites is 2. The second-order valence-corrected chi connectivity index (χ2v) is 5.37. The van der Waals surface area contributed by atoms with Crippen molar-refractivity contribution in [3.63, 3.8) is 0 Å². The fourth-order valence-corrected chi connectivity index (χ4v) is 2.38. The van der Waals surface area contributed by atoms with Crippen molar-refractivity contribution in [2.75, 3.05) is 13.1 Å². The van der Waals surface area contributed by atoms with Gasteiger partial charge < -0.3 is 15.6 Å². The molecule has 9 heteroatoms. The Kier molecular flexibility index (Phi) is 7.16. The zero-order valence-corrected chi connectivity index (χ0v) is 16.7. The van der Waals surface area contributed by atoms with Crippen LogP contribution >= 0.6 is 24.0 Å². The van der Waals surface area contributed by atoms with Gasteiger partial charge in [0.15, 0.2) is 5.96 Å². The molecule has 0 saturated heterocycles. The molecular formula is C16H23IN8. The lowest BCUT2D eigenvalue weighted by atomic mass is 10.3. The van der Waals surface area contributed by atoms with Gasteiger partial charge in [-0.15, -0.1) is 24.0 Å². The molecule has 3 aromatic rings. The predicted molar refractivity (Wildman–Crippen MR) is 109 cm³/mol. The van der Waals surface area contributed by atoms with Crippen molar-refractivity contribution in [3.05, 3.63) is 42.2 Å². The maximum absolute atomic E-state index is 4.58. The van der Waals surface area contributed by atoms with E-state index in [0.717, 1.165) is 48.2 Å². The van der Waals surface area contributed by atoms with Crippen LogP contribution < -0.4 is 10.6 Å². The summed E-state index contributed by atoms with van der Waals surface area (Å²) in [7, 11) is 1.86. The summed E-state index contributed by atoms with van der Waals surface area (Å²) in [5, 5.41) is 10.6. The van der Waals surface area contributed by atoms with E-state index in [2.05, 4.69) is 35.7 Å². The molecule has 0 aliphatic carbocycles. The lowest BCUT2D eigenvalue weighted by Gasteiger charge is -2.10. The Bertz CT molecular complexity index is 789. The SMILES string of the molecule is CCNC(=NCc1ncnn1C)NCCc1nc2ccccc2[nH]1.I. The molecule has 0 radical (unpaired) electrons. The molecule has 3 rings (SSSR count). The third-order valence-corrected chi connectivity index (χ3v) is 3.62. The Balaban J connectivity index is 0.00000225. The summed E-state index contributed by atoms with van der Waals surface area (Å²) in [5.74, 6) is 2.55. The first-order valence-corrected chi connectivity index (χ1v) is 8.05. The van der Waals surface area contributed by atoms with Crippen LogP contribution in [0, 0.1) is 0 Å². The summed E-state index contributed by atoms with van der Waals surface area (Å²) in [4.78, 5) is 16.6. The number of imidazole rings is 1. The van der Waals surface area contributed by atoms with Crippen molar-refractivity contribution in [3.8, 4) is 0 Å². The van der Waals surface area contributed by atoms with Crippen LogP contribution in [0.3, 0.4) is 0 Å². The van der Waals surface area contributed by atoms with E-state index in [1.165, 1.54) is 6.33 Å². The maximum atomic E-state index is 4.58. The molecule has 1 aromatic carbocycles. The summed E-state index contributed by atoms with van der Waals surface area (Å²) >= 11 is 0. The Morgan fingerprint density at radius 1 is 1.28 bits per heavy atom. The number of rotatable bonds is 6. The van der Waals surface area contributed by atoms with Crippen LogP contribution in [0.4, 0.5) is 0 Å². The van der Waals surface area contributed by atoms with Crippen molar-refractivity contribution >= 4 is 41.0 Å². The molecular weight excluding hydrogens is 431 g/mol. The number of nitrogens with one attached hydrogen (secondary N) is 3. The van der Waals surface area contributed by atoms with Gasteiger partial charge in [-0.1, -0.05) is 12.1 Å². The summed E-state index contributed by atoms with van der Waals surface area (Å²) < 4.78 is 1.72. The van der Waals surface area contributed by atoms with E-state index < -0.39 is 0 Å². The Labute approximate surface area is 163 Å². The monoisotopic (exact) mass is 454 g/mol. The van der Waals surface area contributed by atoms with Crippen LogP contribution in [0.1, 0.15) is 18.6 Å². The van der Waals surface area contributed by atoms with Gasteiger partial charge in [0.05, 0.1) is 11.0 Å². The van der Waals surface area contributed by atoms with Crippen LogP contribution in [0.2, 0.25) is 0 Å². The number of halogens is 1. The Hall–Kier alpha value is -2.17.